The van der Waals surface area contributed by atoms with Gasteiger partial charge in [-0.05, 0) is 26.7 Å². The van der Waals surface area contributed by atoms with Gasteiger partial charge in [-0.2, -0.15) is 5.10 Å². The van der Waals surface area contributed by atoms with Gasteiger partial charge >= 0.3 is 5.97 Å². The molecule has 18 heavy (non-hydrogen) atoms. The summed E-state index contributed by atoms with van der Waals surface area (Å²) in [5.41, 5.74) is 0.806. The zero-order chi connectivity index (χ0) is 13.5. The fourth-order valence-corrected chi connectivity index (χ4v) is 1.96. The smallest absolute Gasteiger partial charge is 0.305 e. The molecule has 102 valence electrons. The molecule has 0 spiro atoms. The van der Waals surface area contributed by atoms with Gasteiger partial charge in [-0.3, -0.25) is 9.59 Å². The predicted molar refractivity (Wildman–Crippen MR) is 69.1 cm³/mol. The summed E-state index contributed by atoms with van der Waals surface area (Å²) in [7, 11) is 0. The maximum absolute atomic E-state index is 12.1. The minimum atomic E-state index is -0.245. The van der Waals surface area contributed by atoms with E-state index in [0.29, 0.717) is 19.6 Å². The van der Waals surface area contributed by atoms with Crippen molar-refractivity contribution < 1.29 is 14.3 Å². The van der Waals surface area contributed by atoms with Crippen LogP contribution in [0.5, 0.6) is 0 Å². The number of hydrazone groups is 1. The zero-order valence-electron chi connectivity index (χ0n) is 11.4. The number of unbranched alkanes of at least 4 members (excludes halogenated alkanes) is 1. The van der Waals surface area contributed by atoms with Gasteiger partial charge in [-0.25, -0.2) is 5.01 Å². The Morgan fingerprint density at radius 1 is 1.44 bits per heavy atom. The summed E-state index contributed by atoms with van der Waals surface area (Å²) in [4.78, 5) is 23.3. The molecule has 0 bridgehead atoms. The Bertz CT molecular complexity index is 339. The summed E-state index contributed by atoms with van der Waals surface area (Å²) in [6, 6.07) is 0. The number of carbonyl (C=O) groups excluding carboxylic acids is 2. The third-order valence-corrected chi connectivity index (χ3v) is 3.00. The first kappa shape index (κ1) is 14.7. The van der Waals surface area contributed by atoms with E-state index in [1.807, 2.05) is 6.92 Å². The van der Waals surface area contributed by atoms with Gasteiger partial charge in [-0.15, -0.1) is 0 Å². The summed E-state index contributed by atoms with van der Waals surface area (Å²) in [6.07, 6.45) is 2.76. The molecule has 1 aliphatic rings. The van der Waals surface area contributed by atoms with Crippen LogP contribution in [-0.4, -0.2) is 35.7 Å². The van der Waals surface area contributed by atoms with Crippen LogP contribution in [0.25, 0.3) is 0 Å². The first-order valence-electron chi connectivity index (χ1n) is 6.62. The highest BCUT2D eigenvalue weighted by Gasteiger charge is 2.33. The molecule has 0 aliphatic carbocycles. The van der Waals surface area contributed by atoms with Crippen LogP contribution in [0.4, 0.5) is 0 Å². The molecule has 5 heteroatoms. The van der Waals surface area contributed by atoms with Crippen LogP contribution in [0.1, 0.15) is 46.5 Å². The monoisotopic (exact) mass is 254 g/mol. The summed E-state index contributed by atoms with van der Waals surface area (Å²) < 4.78 is 4.86. The zero-order valence-corrected chi connectivity index (χ0v) is 11.4. The van der Waals surface area contributed by atoms with E-state index >= 15 is 0 Å². The Morgan fingerprint density at radius 2 is 2.17 bits per heavy atom. The van der Waals surface area contributed by atoms with Crippen molar-refractivity contribution >= 4 is 17.6 Å². The number of ether oxygens (including phenoxy) is 1. The van der Waals surface area contributed by atoms with Crippen LogP contribution in [-0.2, 0) is 14.3 Å². The van der Waals surface area contributed by atoms with Crippen molar-refractivity contribution in [3.8, 4) is 0 Å². The molecule has 1 rings (SSSR count). The number of hydrogen-bond donors (Lipinski definition) is 0. The second kappa shape index (κ2) is 7.13. The molecule has 0 aromatic heterocycles. The first-order chi connectivity index (χ1) is 8.60. The van der Waals surface area contributed by atoms with Crippen molar-refractivity contribution in [3.05, 3.63) is 0 Å². The minimum Gasteiger partial charge on any atom is -0.466 e. The lowest BCUT2D eigenvalue weighted by atomic mass is 9.98. The lowest BCUT2D eigenvalue weighted by Crippen LogP contribution is -2.28. The molecule has 0 N–H and O–H groups in total. The third-order valence-electron chi connectivity index (χ3n) is 3.00. The first-order valence-corrected chi connectivity index (χ1v) is 6.62. The minimum absolute atomic E-state index is 0.0187. The Morgan fingerprint density at radius 3 is 2.78 bits per heavy atom. The van der Waals surface area contributed by atoms with Gasteiger partial charge in [0, 0.05) is 18.7 Å². The van der Waals surface area contributed by atoms with Crippen LogP contribution in [0, 0.1) is 5.92 Å². The molecule has 0 radical (unpaired) electrons. The van der Waals surface area contributed by atoms with E-state index in [4.69, 9.17) is 4.74 Å². The van der Waals surface area contributed by atoms with Crippen molar-refractivity contribution in [2.24, 2.45) is 11.0 Å². The topological polar surface area (TPSA) is 59.0 Å². The maximum Gasteiger partial charge on any atom is 0.305 e. The molecule has 1 unspecified atom stereocenters. The standard InChI is InChI=1S/C13H22N2O3/c1-4-6-9-15-13(17)11(10(3)14-15)7-8-12(16)18-5-2/h11H,4-9H2,1-3H3. The lowest BCUT2D eigenvalue weighted by Gasteiger charge is -2.13. The average molecular weight is 254 g/mol. The van der Waals surface area contributed by atoms with Crippen molar-refractivity contribution in [1.29, 1.82) is 0 Å². The average Bonchev–Trinajstić information content (AvgIpc) is 2.60. The molecule has 1 heterocycles. The van der Waals surface area contributed by atoms with Crippen LogP contribution < -0.4 is 0 Å². The number of rotatable bonds is 7. The summed E-state index contributed by atoms with van der Waals surface area (Å²) in [5.74, 6) is -0.471. The second-order valence-electron chi connectivity index (χ2n) is 4.45. The van der Waals surface area contributed by atoms with Crippen molar-refractivity contribution in [2.45, 2.75) is 46.5 Å². The molecule has 0 fully saturated rings. The summed E-state index contributed by atoms with van der Waals surface area (Å²) in [5, 5.41) is 5.80. The molecule has 1 amide bonds. The van der Waals surface area contributed by atoms with Gasteiger partial charge in [0.25, 0.3) is 5.91 Å². The lowest BCUT2D eigenvalue weighted by molar-refractivity contribution is -0.143. The van der Waals surface area contributed by atoms with Gasteiger partial charge < -0.3 is 4.74 Å². The molecule has 1 aliphatic heterocycles. The largest absolute Gasteiger partial charge is 0.466 e. The number of esters is 1. The van der Waals surface area contributed by atoms with Gasteiger partial charge in [-0.1, -0.05) is 13.3 Å². The van der Waals surface area contributed by atoms with E-state index in [1.165, 1.54) is 5.01 Å². The summed E-state index contributed by atoms with van der Waals surface area (Å²) in [6.45, 7) is 6.75. The molecule has 0 aromatic carbocycles. The fraction of sp³-hybridized carbons (Fsp3) is 0.769. The van der Waals surface area contributed by atoms with Gasteiger partial charge in [0.15, 0.2) is 0 Å². The highest BCUT2D eigenvalue weighted by atomic mass is 16.5. The number of nitrogens with zero attached hydrogens (tertiary/aromatic N) is 2. The molecule has 1 atom stereocenters. The van der Waals surface area contributed by atoms with Crippen LogP contribution in [0.3, 0.4) is 0 Å². The molecule has 0 saturated carbocycles. The molecule has 5 nitrogen and oxygen atoms in total. The van der Waals surface area contributed by atoms with Crippen LogP contribution >= 0.6 is 0 Å². The van der Waals surface area contributed by atoms with Gasteiger partial charge in [0.05, 0.1) is 12.5 Å². The highest BCUT2D eigenvalue weighted by Crippen LogP contribution is 2.21. The van der Waals surface area contributed by atoms with Gasteiger partial charge in [0.1, 0.15) is 0 Å². The van der Waals surface area contributed by atoms with Crippen LogP contribution in [0.15, 0.2) is 5.10 Å². The van der Waals surface area contributed by atoms with E-state index in [0.717, 1.165) is 18.6 Å². The SMILES string of the molecule is CCCCN1N=C(C)C(CCC(=O)OCC)C1=O. The predicted octanol–water partition coefficient (Wildman–Crippen LogP) is 1.96. The Kier molecular flexibility index (Phi) is 5.82. The van der Waals surface area contributed by atoms with E-state index in [9.17, 15) is 9.59 Å². The van der Waals surface area contributed by atoms with E-state index < -0.39 is 0 Å². The number of carbonyl (C=O) groups is 2. The highest BCUT2D eigenvalue weighted by molar-refractivity contribution is 6.07. The second-order valence-corrected chi connectivity index (χ2v) is 4.45. The Balaban J connectivity index is 2.45. The fourth-order valence-electron chi connectivity index (χ4n) is 1.96. The maximum atomic E-state index is 12.1. The van der Waals surface area contributed by atoms with E-state index in [2.05, 4.69) is 12.0 Å². The number of amides is 1. The van der Waals surface area contributed by atoms with E-state index in [1.54, 1.807) is 6.92 Å². The van der Waals surface area contributed by atoms with E-state index in [-0.39, 0.29) is 24.2 Å². The Hall–Kier alpha value is -1.39. The Labute approximate surface area is 108 Å². The molecule has 0 saturated heterocycles. The quantitative estimate of drug-likeness (QED) is 0.652. The summed E-state index contributed by atoms with van der Waals surface area (Å²) >= 11 is 0. The van der Waals surface area contributed by atoms with Crippen LogP contribution in [0.2, 0.25) is 0 Å². The molecular weight excluding hydrogens is 232 g/mol. The molecular formula is C13H22N2O3. The molecule has 0 aromatic rings. The van der Waals surface area contributed by atoms with Crippen molar-refractivity contribution in [2.75, 3.05) is 13.2 Å². The van der Waals surface area contributed by atoms with Crippen molar-refractivity contribution in [3.63, 3.8) is 0 Å². The normalized spacial score (nSPS) is 19.1. The number of hydrogen-bond acceptors (Lipinski definition) is 4. The third kappa shape index (κ3) is 3.82. The van der Waals surface area contributed by atoms with Crippen molar-refractivity contribution in [1.82, 2.24) is 5.01 Å². The van der Waals surface area contributed by atoms with Gasteiger partial charge in [0.2, 0.25) is 0 Å².